The molecule has 1 fully saturated rings. The van der Waals surface area contributed by atoms with Gasteiger partial charge in [0, 0.05) is 37.6 Å². The van der Waals surface area contributed by atoms with Crippen molar-refractivity contribution in [2.24, 2.45) is 0 Å². The van der Waals surface area contributed by atoms with Crippen molar-refractivity contribution in [2.45, 2.75) is 68.8 Å². The third kappa shape index (κ3) is 2.31. The molecule has 3 aliphatic heterocycles. The minimum atomic E-state index is -1.46. The Morgan fingerprint density at radius 2 is 1.68 bits per heavy atom. The summed E-state index contributed by atoms with van der Waals surface area (Å²) >= 11 is 0. The number of allylic oxidation sites excluding steroid dienone is 1. The lowest BCUT2D eigenvalue weighted by Gasteiger charge is -2.47. The summed E-state index contributed by atoms with van der Waals surface area (Å²) in [5.74, 6) is 0.200. The van der Waals surface area contributed by atoms with Crippen molar-refractivity contribution in [1.82, 2.24) is 0 Å². The van der Waals surface area contributed by atoms with Crippen LogP contribution in [0.25, 0.3) is 0 Å². The van der Waals surface area contributed by atoms with Crippen LogP contribution in [0.1, 0.15) is 63.4 Å². The SMILES string of the molecule is CN1C(=O)[C@@]2(C3=C(CCCC3=O)OC3=C2C(=O)OC2(CCCCC2)C3)c2ccccc21. The van der Waals surface area contributed by atoms with Crippen LogP contribution in [0.2, 0.25) is 0 Å². The van der Waals surface area contributed by atoms with E-state index in [1.807, 2.05) is 24.3 Å². The number of anilines is 1. The van der Waals surface area contributed by atoms with Gasteiger partial charge in [0.15, 0.2) is 5.78 Å². The highest BCUT2D eigenvalue weighted by Crippen LogP contribution is 2.59. The number of para-hydroxylation sites is 1. The van der Waals surface area contributed by atoms with E-state index in [2.05, 4.69) is 0 Å². The van der Waals surface area contributed by atoms with Gasteiger partial charge in [0.25, 0.3) is 0 Å². The summed E-state index contributed by atoms with van der Waals surface area (Å²) in [6.45, 7) is 0. The minimum Gasteiger partial charge on any atom is -0.465 e. The van der Waals surface area contributed by atoms with E-state index in [1.165, 1.54) is 0 Å². The van der Waals surface area contributed by atoms with Gasteiger partial charge in [0.2, 0.25) is 5.91 Å². The van der Waals surface area contributed by atoms with Crippen molar-refractivity contribution in [3.05, 3.63) is 52.5 Å². The first-order chi connectivity index (χ1) is 15.0. The molecule has 0 unspecified atom stereocenters. The molecule has 5 aliphatic rings. The lowest BCUT2D eigenvalue weighted by Crippen LogP contribution is -2.54. The number of nitrogens with zero attached hydrogens (tertiary/aromatic N) is 1. The Hall–Kier alpha value is -2.89. The van der Waals surface area contributed by atoms with E-state index >= 15 is 0 Å². The number of carbonyl (C=O) groups is 3. The standard InChI is InChI=1S/C25H25NO5/c1-26-16-9-4-3-8-15(16)25(23(26)29)20-17(27)10-7-11-18(20)30-19-14-24(12-5-2-6-13-24)31-22(28)21(19)25/h3-4,8-9H,2,5-7,10-14H2,1H3/t25-/m1/s1. The monoisotopic (exact) mass is 419 g/mol. The Kier molecular flexibility index (Phi) is 3.84. The molecule has 0 N–H and O–H groups in total. The molecule has 1 aromatic carbocycles. The zero-order valence-electron chi connectivity index (χ0n) is 17.7. The Labute approximate surface area is 180 Å². The molecule has 0 bridgehead atoms. The first-order valence-corrected chi connectivity index (χ1v) is 11.3. The van der Waals surface area contributed by atoms with Crippen molar-refractivity contribution in [3.8, 4) is 0 Å². The lowest BCUT2D eigenvalue weighted by atomic mass is 9.63. The van der Waals surface area contributed by atoms with Crippen LogP contribution in [0.5, 0.6) is 0 Å². The average Bonchev–Trinajstić information content (AvgIpc) is 2.97. The van der Waals surface area contributed by atoms with Gasteiger partial charge in [-0.1, -0.05) is 24.6 Å². The topological polar surface area (TPSA) is 72.9 Å². The van der Waals surface area contributed by atoms with Crippen LogP contribution in [0, 0.1) is 0 Å². The molecule has 6 nitrogen and oxygen atoms in total. The summed E-state index contributed by atoms with van der Waals surface area (Å²) in [4.78, 5) is 42.4. The number of esters is 1. The maximum Gasteiger partial charge on any atom is 0.339 e. The largest absolute Gasteiger partial charge is 0.465 e. The lowest BCUT2D eigenvalue weighted by molar-refractivity contribution is -0.165. The number of benzene rings is 1. The van der Waals surface area contributed by atoms with Gasteiger partial charge < -0.3 is 14.4 Å². The molecule has 1 amide bonds. The fourth-order valence-corrected chi connectivity index (χ4v) is 6.35. The summed E-state index contributed by atoms with van der Waals surface area (Å²) < 4.78 is 12.4. The number of hydrogen-bond acceptors (Lipinski definition) is 5. The van der Waals surface area contributed by atoms with Crippen molar-refractivity contribution in [2.75, 3.05) is 11.9 Å². The van der Waals surface area contributed by atoms with Crippen molar-refractivity contribution < 1.29 is 23.9 Å². The fraction of sp³-hybridized carbons (Fsp3) is 0.480. The number of ether oxygens (including phenoxy) is 2. The maximum atomic E-state index is 13.9. The molecule has 1 aromatic rings. The van der Waals surface area contributed by atoms with E-state index in [9.17, 15) is 14.4 Å². The van der Waals surface area contributed by atoms with E-state index in [4.69, 9.17) is 9.47 Å². The Bertz CT molecular complexity index is 1110. The minimum absolute atomic E-state index is 0.114. The molecule has 160 valence electrons. The fourth-order valence-electron chi connectivity index (χ4n) is 6.35. The molecule has 3 heterocycles. The highest BCUT2D eigenvalue weighted by atomic mass is 16.6. The molecule has 31 heavy (non-hydrogen) atoms. The van der Waals surface area contributed by atoms with Crippen LogP contribution < -0.4 is 4.90 Å². The van der Waals surface area contributed by atoms with Crippen LogP contribution in [0.3, 0.4) is 0 Å². The Morgan fingerprint density at radius 1 is 0.903 bits per heavy atom. The van der Waals surface area contributed by atoms with E-state index < -0.39 is 17.0 Å². The van der Waals surface area contributed by atoms with Gasteiger partial charge in [-0.15, -0.1) is 0 Å². The van der Waals surface area contributed by atoms with Crippen LogP contribution in [-0.2, 0) is 29.3 Å². The number of carbonyl (C=O) groups excluding carboxylic acids is 3. The van der Waals surface area contributed by atoms with E-state index in [1.54, 1.807) is 11.9 Å². The first-order valence-electron chi connectivity index (χ1n) is 11.3. The summed E-state index contributed by atoms with van der Waals surface area (Å²) in [5, 5.41) is 0. The van der Waals surface area contributed by atoms with Gasteiger partial charge in [-0.25, -0.2) is 4.79 Å². The number of likely N-dealkylation sites (N-methyl/N-ethyl adjacent to an activating group) is 1. The molecular formula is C25H25NO5. The molecule has 0 radical (unpaired) electrons. The third-order valence-corrected chi connectivity index (χ3v) is 7.70. The zero-order chi connectivity index (χ0) is 21.4. The zero-order valence-corrected chi connectivity index (χ0v) is 17.7. The first kappa shape index (κ1) is 18.8. The van der Waals surface area contributed by atoms with Crippen LogP contribution in [-0.4, -0.2) is 30.3 Å². The predicted octanol–water partition coefficient (Wildman–Crippen LogP) is 3.84. The molecule has 6 heteroatoms. The quantitative estimate of drug-likeness (QED) is 0.598. The number of Topliss-reactive ketones (excluding diaryl/α,β-unsaturated/α-hetero) is 1. The third-order valence-electron chi connectivity index (χ3n) is 7.70. The number of amides is 1. The summed E-state index contributed by atoms with van der Waals surface area (Å²) in [5.41, 5.74) is -0.0525. The number of hydrogen-bond donors (Lipinski definition) is 0. The predicted molar refractivity (Wildman–Crippen MR) is 112 cm³/mol. The Morgan fingerprint density at radius 3 is 2.48 bits per heavy atom. The van der Waals surface area contributed by atoms with Gasteiger partial charge in [0.05, 0.1) is 5.57 Å². The van der Waals surface area contributed by atoms with E-state index in [-0.39, 0.29) is 17.3 Å². The molecule has 1 saturated carbocycles. The van der Waals surface area contributed by atoms with Crippen molar-refractivity contribution >= 4 is 23.3 Å². The van der Waals surface area contributed by atoms with Crippen molar-refractivity contribution in [3.63, 3.8) is 0 Å². The van der Waals surface area contributed by atoms with Crippen LogP contribution >= 0.6 is 0 Å². The number of ketones is 1. The van der Waals surface area contributed by atoms with Gasteiger partial charge in [-0.3, -0.25) is 9.59 Å². The molecule has 1 atom stereocenters. The molecule has 2 spiro atoms. The highest BCUT2D eigenvalue weighted by Gasteiger charge is 2.65. The second-order valence-corrected chi connectivity index (χ2v) is 9.42. The summed E-state index contributed by atoms with van der Waals surface area (Å²) in [6, 6.07) is 7.44. The Balaban J connectivity index is 1.63. The van der Waals surface area contributed by atoms with E-state index in [0.29, 0.717) is 48.3 Å². The number of rotatable bonds is 0. The molecule has 0 saturated heterocycles. The van der Waals surface area contributed by atoms with Gasteiger partial charge >= 0.3 is 5.97 Å². The van der Waals surface area contributed by atoms with Gasteiger partial charge in [-0.2, -0.15) is 0 Å². The van der Waals surface area contributed by atoms with Crippen LogP contribution in [0.4, 0.5) is 5.69 Å². The molecular weight excluding hydrogens is 394 g/mol. The number of fused-ring (bicyclic) bond motifs is 4. The molecule has 6 rings (SSSR count). The van der Waals surface area contributed by atoms with Gasteiger partial charge in [-0.05, 0) is 38.2 Å². The van der Waals surface area contributed by atoms with Crippen molar-refractivity contribution in [1.29, 1.82) is 0 Å². The molecule has 2 aliphatic carbocycles. The highest BCUT2D eigenvalue weighted by molar-refractivity contribution is 6.23. The second kappa shape index (κ2) is 6.31. The van der Waals surface area contributed by atoms with Crippen LogP contribution in [0.15, 0.2) is 46.9 Å². The molecule has 0 aromatic heterocycles. The normalized spacial score (nSPS) is 29.1. The van der Waals surface area contributed by atoms with E-state index in [0.717, 1.165) is 37.8 Å². The van der Waals surface area contributed by atoms with Gasteiger partial charge in [0.1, 0.15) is 28.1 Å². The maximum absolute atomic E-state index is 13.9. The summed E-state index contributed by atoms with van der Waals surface area (Å²) in [6.07, 6.45) is 6.89. The second-order valence-electron chi connectivity index (χ2n) is 9.42. The summed E-state index contributed by atoms with van der Waals surface area (Å²) in [7, 11) is 1.70. The average molecular weight is 419 g/mol. The smallest absolute Gasteiger partial charge is 0.339 e.